The molecule has 2 aromatic carbocycles. The second-order valence-electron chi connectivity index (χ2n) is 5.02. The first-order valence-corrected chi connectivity index (χ1v) is 9.16. The molecule has 0 unspecified atom stereocenters. The normalized spacial score (nSPS) is 11.4. The van der Waals surface area contributed by atoms with E-state index in [1.54, 1.807) is 30.3 Å². The van der Waals surface area contributed by atoms with Gasteiger partial charge in [0.2, 0.25) is 0 Å². The Hall–Kier alpha value is -2.31. The molecule has 0 aliphatic rings. The van der Waals surface area contributed by atoms with Crippen molar-refractivity contribution >= 4 is 38.1 Å². The highest BCUT2D eigenvalue weighted by atomic mass is 35.5. The number of pyridine rings is 1. The van der Waals surface area contributed by atoms with Crippen molar-refractivity contribution in [3.05, 3.63) is 59.9 Å². The molecule has 24 heavy (non-hydrogen) atoms. The largest absolute Gasteiger partial charge is 0.493 e. The van der Waals surface area contributed by atoms with Crippen molar-refractivity contribution in [2.45, 2.75) is 11.8 Å². The summed E-state index contributed by atoms with van der Waals surface area (Å²) in [6.45, 7) is 2.39. The number of benzene rings is 2. The van der Waals surface area contributed by atoms with E-state index in [9.17, 15) is 8.42 Å². The van der Waals surface area contributed by atoms with Crippen LogP contribution >= 0.6 is 11.6 Å². The topological polar surface area (TPSA) is 68.3 Å². The van der Waals surface area contributed by atoms with Gasteiger partial charge >= 0.3 is 0 Å². The van der Waals surface area contributed by atoms with Gasteiger partial charge < -0.3 is 4.74 Å². The third kappa shape index (κ3) is 3.29. The molecule has 3 aromatic rings. The molecular weight excluding hydrogens is 348 g/mol. The molecular formula is C17H15ClN2O3S. The van der Waals surface area contributed by atoms with Crippen molar-refractivity contribution in [1.29, 1.82) is 0 Å². The molecule has 0 amide bonds. The molecule has 0 aliphatic heterocycles. The number of nitrogens with zero attached hydrogens (tertiary/aromatic N) is 1. The third-order valence-electron chi connectivity index (χ3n) is 3.41. The van der Waals surface area contributed by atoms with Gasteiger partial charge in [-0.1, -0.05) is 35.9 Å². The van der Waals surface area contributed by atoms with Crippen LogP contribution in [0.4, 0.5) is 5.69 Å². The fourth-order valence-corrected chi connectivity index (χ4v) is 3.77. The maximum atomic E-state index is 12.8. The van der Waals surface area contributed by atoms with Crippen molar-refractivity contribution in [2.24, 2.45) is 0 Å². The molecule has 124 valence electrons. The van der Waals surface area contributed by atoms with E-state index < -0.39 is 10.0 Å². The van der Waals surface area contributed by atoms with Gasteiger partial charge in [0.1, 0.15) is 10.9 Å². The molecule has 1 aromatic heterocycles. The summed E-state index contributed by atoms with van der Waals surface area (Å²) < 4.78 is 33.6. The Morgan fingerprint density at radius 2 is 1.83 bits per heavy atom. The highest BCUT2D eigenvalue weighted by Gasteiger charge is 2.19. The lowest BCUT2D eigenvalue weighted by molar-refractivity contribution is 0.344. The zero-order chi connectivity index (χ0) is 17.2. The summed E-state index contributed by atoms with van der Waals surface area (Å²) in [7, 11) is -3.77. The molecule has 0 fully saturated rings. The number of fused-ring (bicyclic) bond motifs is 1. The van der Waals surface area contributed by atoms with E-state index in [1.165, 1.54) is 12.3 Å². The van der Waals surface area contributed by atoms with Crippen LogP contribution in [-0.2, 0) is 10.0 Å². The van der Waals surface area contributed by atoms with Gasteiger partial charge in [0.05, 0.1) is 23.4 Å². The minimum absolute atomic E-state index is 0.177. The van der Waals surface area contributed by atoms with Gasteiger partial charge in [0.25, 0.3) is 10.0 Å². The van der Waals surface area contributed by atoms with E-state index in [1.807, 2.05) is 19.1 Å². The summed E-state index contributed by atoms with van der Waals surface area (Å²) in [6.07, 6.45) is 1.37. The number of nitrogens with one attached hydrogen (secondary N) is 1. The van der Waals surface area contributed by atoms with Crippen LogP contribution in [0, 0.1) is 0 Å². The fourth-order valence-electron chi connectivity index (χ4n) is 2.41. The average Bonchev–Trinajstić information content (AvgIpc) is 2.57. The number of sulfonamides is 1. The molecule has 5 nitrogen and oxygen atoms in total. The quantitative estimate of drug-likeness (QED) is 0.694. The molecule has 7 heteroatoms. The Kier molecular flexibility index (Phi) is 4.59. The van der Waals surface area contributed by atoms with Crippen molar-refractivity contribution in [3.63, 3.8) is 0 Å². The number of aromatic nitrogens is 1. The molecule has 0 radical (unpaired) electrons. The molecule has 0 saturated heterocycles. The number of ether oxygens (including phenoxy) is 1. The second-order valence-corrected chi connectivity index (χ2v) is 7.05. The summed E-state index contributed by atoms with van der Waals surface area (Å²) in [5, 5.41) is 1.64. The lowest BCUT2D eigenvalue weighted by Crippen LogP contribution is -2.13. The molecule has 3 rings (SSSR count). The van der Waals surface area contributed by atoms with Crippen LogP contribution in [0.25, 0.3) is 10.8 Å². The smallest absolute Gasteiger partial charge is 0.262 e. The Bertz CT molecular complexity index is 973. The number of hydrogen-bond acceptors (Lipinski definition) is 4. The highest BCUT2D eigenvalue weighted by molar-refractivity contribution is 7.93. The van der Waals surface area contributed by atoms with Crippen LogP contribution in [0.2, 0.25) is 5.15 Å². The predicted molar refractivity (Wildman–Crippen MR) is 95.2 cm³/mol. The van der Waals surface area contributed by atoms with E-state index in [0.29, 0.717) is 28.6 Å². The maximum Gasteiger partial charge on any atom is 0.262 e. The lowest BCUT2D eigenvalue weighted by atomic mass is 10.1. The van der Waals surface area contributed by atoms with Crippen LogP contribution in [0.15, 0.2) is 59.6 Å². The van der Waals surface area contributed by atoms with Gasteiger partial charge in [-0.3, -0.25) is 4.72 Å². The Morgan fingerprint density at radius 1 is 1.08 bits per heavy atom. The van der Waals surface area contributed by atoms with Crippen LogP contribution in [-0.4, -0.2) is 20.0 Å². The molecule has 0 bridgehead atoms. The Morgan fingerprint density at radius 3 is 2.50 bits per heavy atom. The zero-order valence-electron chi connectivity index (χ0n) is 12.9. The Labute approximate surface area is 145 Å². The first-order valence-electron chi connectivity index (χ1n) is 7.30. The van der Waals surface area contributed by atoms with Gasteiger partial charge in [-0.15, -0.1) is 0 Å². The fraction of sp³-hybridized carbons (Fsp3) is 0.118. The molecule has 0 atom stereocenters. The molecule has 0 saturated carbocycles. The van der Waals surface area contributed by atoms with E-state index in [0.717, 1.165) is 5.39 Å². The van der Waals surface area contributed by atoms with Gasteiger partial charge in [-0.2, -0.15) is 0 Å². The number of rotatable bonds is 5. The van der Waals surface area contributed by atoms with Gasteiger partial charge in [-0.05, 0) is 31.2 Å². The summed E-state index contributed by atoms with van der Waals surface area (Å²) >= 11 is 5.72. The van der Waals surface area contributed by atoms with E-state index in [-0.39, 0.29) is 4.90 Å². The van der Waals surface area contributed by atoms with E-state index in [4.69, 9.17) is 16.3 Å². The monoisotopic (exact) mass is 362 g/mol. The van der Waals surface area contributed by atoms with Gasteiger partial charge in [-0.25, -0.2) is 13.4 Å². The van der Waals surface area contributed by atoms with Gasteiger partial charge in [0, 0.05) is 10.8 Å². The van der Waals surface area contributed by atoms with Crippen LogP contribution < -0.4 is 9.46 Å². The second kappa shape index (κ2) is 6.67. The van der Waals surface area contributed by atoms with Crippen molar-refractivity contribution in [3.8, 4) is 5.75 Å². The van der Waals surface area contributed by atoms with Crippen molar-refractivity contribution < 1.29 is 13.2 Å². The minimum Gasteiger partial charge on any atom is -0.493 e. The van der Waals surface area contributed by atoms with Crippen molar-refractivity contribution in [2.75, 3.05) is 11.3 Å². The lowest BCUT2D eigenvalue weighted by Gasteiger charge is -2.13. The standard InChI is InChI=1S/C17H15ClN2O3S/c1-2-23-15-8-9-16(14-6-4-3-5-13(14)15)24(21,22)20-12-7-10-17(18)19-11-12/h3-11,20H,2H2,1H3. The molecule has 1 heterocycles. The SMILES string of the molecule is CCOc1ccc(S(=O)(=O)Nc2ccc(Cl)nc2)c2ccccc12. The van der Waals surface area contributed by atoms with E-state index in [2.05, 4.69) is 9.71 Å². The molecule has 0 spiro atoms. The number of anilines is 1. The Balaban J connectivity index is 2.08. The third-order valence-corrected chi connectivity index (χ3v) is 5.08. The van der Waals surface area contributed by atoms with Crippen LogP contribution in [0.5, 0.6) is 5.75 Å². The zero-order valence-corrected chi connectivity index (χ0v) is 14.4. The minimum atomic E-state index is -3.77. The first-order chi connectivity index (χ1) is 11.5. The summed E-state index contributed by atoms with van der Waals surface area (Å²) in [6, 6.07) is 13.5. The van der Waals surface area contributed by atoms with Crippen LogP contribution in [0.3, 0.4) is 0 Å². The molecule has 0 aliphatic carbocycles. The highest BCUT2D eigenvalue weighted by Crippen LogP contribution is 2.32. The first kappa shape index (κ1) is 16.5. The predicted octanol–water partition coefficient (Wildman–Crippen LogP) is 4.09. The maximum absolute atomic E-state index is 12.8. The summed E-state index contributed by atoms with van der Waals surface area (Å²) in [4.78, 5) is 4.05. The van der Waals surface area contributed by atoms with E-state index >= 15 is 0 Å². The van der Waals surface area contributed by atoms with Crippen LogP contribution in [0.1, 0.15) is 6.92 Å². The molecule has 1 N–H and O–H groups in total. The summed E-state index contributed by atoms with van der Waals surface area (Å²) in [5.41, 5.74) is 0.345. The van der Waals surface area contributed by atoms with Crippen molar-refractivity contribution in [1.82, 2.24) is 4.98 Å². The number of halogens is 1. The average molecular weight is 363 g/mol. The summed E-state index contributed by atoms with van der Waals surface area (Å²) in [5.74, 6) is 0.653. The van der Waals surface area contributed by atoms with Gasteiger partial charge in [0.15, 0.2) is 0 Å². The number of hydrogen-bond donors (Lipinski definition) is 1.